The molecule has 0 heteroatoms. The third-order valence-corrected chi connectivity index (χ3v) is 4.34. The van der Waals surface area contributed by atoms with Gasteiger partial charge in [0, 0.05) is 5.41 Å². The third kappa shape index (κ3) is 2.16. The first-order chi connectivity index (χ1) is 8.33. The molecule has 0 aliphatic heterocycles. The van der Waals surface area contributed by atoms with Crippen LogP contribution in [0.25, 0.3) is 0 Å². The maximum absolute atomic E-state index is 2.43. The lowest BCUT2D eigenvalue weighted by Gasteiger charge is -2.33. The maximum Gasteiger partial charge on any atom is 0.0149 e. The van der Waals surface area contributed by atoms with E-state index in [1.54, 1.807) is 0 Å². The standard InChI is InChI=1S/C18H24/c1-12-9-13(2)11-18(6,10-12)17-8-7-14(3)15(4)16(17)5/h7-10H,11H2,1-6H3. The minimum absolute atomic E-state index is 0.158. The van der Waals surface area contributed by atoms with Crippen LogP contribution in [0.1, 0.15) is 49.4 Å². The summed E-state index contributed by atoms with van der Waals surface area (Å²) in [5, 5.41) is 0. The van der Waals surface area contributed by atoms with Crippen molar-refractivity contribution in [3.05, 3.63) is 57.7 Å². The summed E-state index contributed by atoms with van der Waals surface area (Å²) >= 11 is 0. The zero-order valence-corrected chi connectivity index (χ0v) is 12.5. The van der Waals surface area contributed by atoms with Gasteiger partial charge in [-0.25, -0.2) is 0 Å². The summed E-state index contributed by atoms with van der Waals surface area (Å²) in [6.07, 6.45) is 5.86. The largest absolute Gasteiger partial charge is 0.0719 e. The summed E-state index contributed by atoms with van der Waals surface area (Å²) in [7, 11) is 0. The number of benzene rings is 1. The van der Waals surface area contributed by atoms with Crippen LogP contribution in [-0.4, -0.2) is 0 Å². The number of hydrogen-bond donors (Lipinski definition) is 0. The summed E-state index contributed by atoms with van der Waals surface area (Å²) in [6, 6.07) is 4.58. The molecule has 1 aromatic carbocycles. The van der Waals surface area contributed by atoms with Gasteiger partial charge in [-0.2, -0.15) is 0 Å². The first-order valence-corrected chi connectivity index (χ1v) is 6.77. The Balaban J connectivity index is 2.56. The van der Waals surface area contributed by atoms with Gasteiger partial charge in [-0.3, -0.25) is 0 Å². The maximum atomic E-state index is 2.43. The molecule has 1 aromatic rings. The zero-order valence-electron chi connectivity index (χ0n) is 12.5. The quantitative estimate of drug-likeness (QED) is 0.635. The first-order valence-electron chi connectivity index (χ1n) is 6.77. The minimum Gasteiger partial charge on any atom is -0.0719 e. The predicted octanol–water partition coefficient (Wildman–Crippen LogP) is 5.17. The summed E-state index contributed by atoms with van der Waals surface area (Å²) in [5.74, 6) is 0. The summed E-state index contributed by atoms with van der Waals surface area (Å²) in [4.78, 5) is 0. The highest BCUT2D eigenvalue weighted by Gasteiger charge is 2.28. The number of allylic oxidation sites excluding steroid dienone is 4. The molecule has 1 unspecified atom stereocenters. The van der Waals surface area contributed by atoms with Crippen LogP contribution < -0.4 is 0 Å². The molecule has 0 saturated heterocycles. The molecule has 96 valence electrons. The van der Waals surface area contributed by atoms with Crippen molar-refractivity contribution in [2.45, 2.75) is 53.4 Å². The third-order valence-electron chi connectivity index (χ3n) is 4.34. The fourth-order valence-electron chi connectivity index (χ4n) is 3.36. The lowest BCUT2D eigenvalue weighted by atomic mass is 9.71. The molecule has 1 atom stereocenters. The molecule has 0 bridgehead atoms. The molecule has 0 spiro atoms. The van der Waals surface area contributed by atoms with Crippen LogP contribution in [0.2, 0.25) is 0 Å². The van der Waals surface area contributed by atoms with Gasteiger partial charge in [0.05, 0.1) is 0 Å². The number of aryl methyl sites for hydroxylation is 1. The predicted molar refractivity (Wildman–Crippen MR) is 80.1 cm³/mol. The van der Waals surface area contributed by atoms with Crippen molar-refractivity contribution in [3.8, 4) is 0 Å². The average Bonchev–Trinajstić information content (AvgIpc) is 2.23. The van der Waals surface area contributed by atoms with Crippen molar-refractivity contribution >= 4 is 0 Å². The van der Waals surface area contributed by atoms with Gasteiger partial charge in [-0.1, -0.05) is 42.4 Å². The lowest BCUT2D eigenvalue weighted by molar-refractivity contribution is 0.571. The monoisotopic (exact) mass is 240 g/mol. The Bertz CT molecular complexity index is 543. The second-order valence-corrected chi connectivity index (χ2v) is 6.15. The van der Waals surface area contributed by atoms with Crippen molar-refractivity contribution in [3.63, 3.8) is 0 Å². The van der Waals surface area contributed by atoms with E-state index >= 15 is 0 Å². The second-order valence-electron chi connectivity index (χ2n) is 6.15. The Morgan fingerprint density at radius 2 is 1.61 bits per heavy atom. The van der Waals surface area contributed by atoms with Crippen LogP contribution >= 0.6 is 0 Å². The topological polar surface area (TPSA) is 0 Å². The molecular weight excluding hydrogens is 216 g/mol. The molecule has 0 fully saturated rings. The van der Waals surface area contributed by atoms with Crippen LogP contribution in [-0.2, 0) is 5.41 Å². The fraction of sp³-hybridized carbons (Fsp3) is 0.444. The molecule has 2 rings (SSSR count). The van der Waals surface area contributed by atoms with Gasteiger partial charge in [0.2, 0.25) is 0 Å². The van der Waals surface area contributed by atoms with Crippen molar-refractivity contribution in [2.24, 2.45) is 0 Å². The normalized spacial score (nSPS) is 23.7. The lowest BCUT2D eigenvalue weighted by Crippen LogP contribution is -2.24. The van der Waals surface area contributed by atoms with Gasteiger partial charge >= 0.3 is 0 Å². The molecule has 0 radical (unpaired) electrons. The van der Waals surface area contributed by atoms with Gasteiger partial charge in [0.25, 0.3) is 0 Å². The van der Waals surface area contributed by atoms with E-state index in [9.17, 15) is 0 Å². The highest BCUT2D eigenvalue weighted by molar-refractivity contribution is 5.48. The smallest absolute Gasteiger partial charge is 0.0149 e. The van der Waals surface area contributed by atoms with Gasteiger partial charge in [0.15, 0.2) is 0 Å². The van der Waals surface area contributed by atoms with Crippen molar-refractivity contribution in [2.75, 3.05) is 0 Å². The van der Waals surface area contributed by atoms with Gasteiger partial charge in [0.1, 0.15) is 0 Å². The van der Waals surface area contributed by atoms with E-state index in [-0.39, 0.29) is 5.41 Å². The molecular formula is C18H24. The summed E-state index contributed by atoms with van der Waals surface area (Å²) < 4.78 is 0. The van der Waals surface area contributed by atoms with Gasteiger partial charge < -0.3 is 0 Å². The second kappa shape index (κ2) is 4.42. The van der Waals surface area contributed by atoms with E-state index in [1.807, 2.05) is 0 Å². The molecule has 1 aliphatic carbocycles. The Hall–Kier alpha value is -1.30. The molecule has 0 saturated carbocycles. The van der Waals surface area contributed by atoms with E-state index in [0.717, 1.165) is 6.42 Å². The van der Waals surface area contributed by atoms with E-state index < -0.39 is 0 Å². The highest BCUT2D eigenvalue weighted by Crippen LogP contribution is 2.39. The van der Waals surface area contributed by atoms with Crippen LogP contribution in [0.5, 0.6) is 0 Å². The average molecular weight is 240 g/mol. The van der Waals surface area contributed by atoms with Crippen LogP contribution in [0.15, 0.2) is 35.4 Å². The van der Waals surface area contributed by atoms with Gasteiger partial charge in [-0.05, 0) is 63.3 Å². The van der Waals surface area contributed by atoms with E-state index in [0.29, 0.717) is 0 Å². The van der Waals surface area contributed by atoms with Crippen LogP contribution in [0.3, 0.4) is 0 Å². The number of rotatable bonds is 1. The van der Waals surface area contributed by atoms with Gasteiger partial charge in [-0.15, -0.1) is 0 Å². The first kappa shape index (κ1) is 13.1. The van der Waals surface area contributed by atoms with E-state index in [1.165, 1.54) is 33.4 Å². The highest BCUT2D eigenvalue weighted by atomic mass is 14.3. The zero-order chi connectivity index (χ0) is 13.5. The van der Waals surface area contributed by atoms with Crippen LogP contribution in [0, 0.1) is 20.8 Å². The molecule has 0 amide bonds. The Labute approximate surface area is 111 Å². The SMILES string of the molecule is CC1=CC(C)(c2ccc(C)c(C)c2C)CC(C)=C1. The molecule has 0 aromatic heterocycles. The van der Waals surface area contributed by atoms with Crippen molar-refractivity contribution in [1.82, 2.24) is 0 Å². The Morgan fingerprint density at radius 3 is 2.22 bits per heavy atom. The molecule has 18 heavy (non-hydrogen) atoms. The van der Waals surface area contributed by atoms with Crippen LogP contribution in [0.4, 0.5) is 0 Å². The minimum atomic E-state index is 0.158. The summed E-state index contributed by atoms with van der Waals surface area (Å²) in [5.41, 5.74) is 8.80. The Kier molecular flexibility index (Phi) is 3.23. The van der Waals surface area contributed by atoms with Crippen molar-refractivity contribution < 1.29 is 0 Å². The fourth-order valence-corrected chi connectivity index (χ4v) is 3.36. The summed E-state index contributed by atoms with van der Waals surface area (Å²) in [6.45, 7) is 13.5. The van der Waals surface area contributed by atoms with E-state index in [4.69, 9.17) is 0 Å². The molecule has 0 heterocycles. The number of hydrogen-bond acceptors (Lipinski definition) is 0. The van der Waals surface area contributed by atoms with Crippen molar-refractivity contribution in [1.29, 1.82) is 0 Å². The molecule has 1 aliphatic rings. The molecule has 0 N–H and O–H groups in total. The Morgan fingerprint density at radius 1 is 0.944 bits per heavy atom. The molecule has 0 nitrogen and oxygen atoms in total. The van der Waals surface area contributed by atoms with E-state index in [2.05, 4.69) is 65.8 Å².